The van der Waals surface area contributed by atoms with Crippen LogP contribution in [-0.4, -0.2) is 71.8 Å². The number of phosphoric ester groups is 1. The fourth-order valence-electron chi connectivity index (χ4n) is 3.98. The molecule has 0 N–H and O–H groups in total. The van der Waals surface area contributed by atoms with Crippen LogP contribution in [0, 0.1) is 0 Å². The van der Waals surface area contributed by atoms with E-state index in [9.17, 15) is 9.46 Å². The van der Waals surface area contributed by atoms with Crippen LogP contribution in [-0.2, 0) is 23.1 Å². The van der Waals surface area contributed by atoms with E-state index in [4.69, 9.17) is 18.5 Å². The number of unbranched alkanes of at least 4 members (excludes halogenated alkanes) is 15. The number of likely N-dealkylation sites (N-methyl/N-ethyl adjacent to an activating group) is 1. The average molecular weight is 538 g/mol. The van der Waals surface area contributed by atoms with Gasteiger partial charge in [-0.15, -0.1) is 0 Å². The molecule has 2 unspecified atom stereocenters. The monoisotopic (exact) mass is 537 g/mol. The number of methoxy groups -OCH3 is 1. The first kappa shape index (κ1) is 36.0. The maximum absolute atomic E-state index is 11.9. The van der Waals surface area contributed by atoms with Crippen LogP contribution in [0.3, 0.4) is 0 Å². The van der Waals surface area contributed by atoms with E-state index in [0.29, 0.717) is 24.1 Å². The van der Waals surface area contributed by atoms with E-state index < -0.39 is 7.82 Å². The Morgan fingerprint density at radius 1 is 0.694 bits per heavy atom. The second kappa shape index (κ2) is 24.1. The first-order valence-electron chi connectivity index (χ1n) is 14.7. The van der Waals surface area contributed by atoms with Gasteiger partial charge in [0, 0.05) is 20.3 Å². The molecule has 8 heteroatoms. The average Bonchev–Trinajstić information content (AvgIpc) is 2.81. The minimum absolute atomic E-state index is 0.0515. The molecule has 0 saturated heterocycles. The molecule has 0 aromatic heterocycles. The van der Waals surface area contributed by atoms with Gasteiger partial charge in [0.15, 0.2) is 0 Å². The second-order valence-electron chi connectivity index (χ2n) is 11.2. The van der Waals surface area contributed by atoms with Gasteiger partial charge in [0.25, 0.3) is 7.82 Å². The van der Waals surface area contributed by atoms with Crippen LogP contribution in [0.15, 0.2) is 0 Å². The zero-order valence-electron chi connectivity index (χ0n) is 24.5. The van der Waals surface area contributed by atoms with Gasteiger partial charge in [-0.3, -0.25) is 4.57 Å². The Morgan fingerprint density at radius 3 is 1.61 bits per heavy atom. The molecule has 0 aromatic rings. The van der Waals surface area contributed by atoms with Crippen LogP contribution in [0.25, 0.3) is 0 Å². The predicted octanol–water partition coefficient (Wildman–Crippen LogP) is 6.88. The standard InChI is InChI=1S/C28H60NO6P/c1-6-7-8-9-10-11-12-13-14-15-16-17-18-19-20-21-24-33-25-22-28(32-5)27-35-36(30,31)34-26-23-29(2,3)4/h28H,6-27H2,1-5H3. The number of ether oxygens (including phenoxy) is 2. The van der Waals surface area contributed by atoms with Crippen LogP contribution in [0.1, 0.15) is 116 Å². The van der Waals surface area contributed by atoms with Gasteiger partial charge >= 0.3 is 0 Å². The molecule has 0 bridgehead atoms. The molecule has 0 spiro atoms. The molecule has 0 heterocycles. The number of phosphoric acid groups is 1. The first-order chi connectivity index (χ1) is 17.2. The molecule has 0 rings (SSSR count). The number of hydrogen-bond donors (Lipinski definition) is 0. The third-order valence-electron chi connectivity index (χ3n) is 6.49. The van der Waals surface area contributed by atoms with Gasteiger partial charge < -0.3 is 27.9 Å². The summed E-state index contributed by atoms with van der Waals surface area (Å²) in [5.74, 6) is 0. The molecule has 2 atom stereocenters. The van der Waals surface area contributed by atoms with Crippen LogP contribution < -0.4 is 4.89 Å². The highest BCUT2D eigenvalue weighted by Crippen LogP contribution is 2.38. The minimum atomic E-state index is -4.31. The summed E-state index contributed by atoms with van der Waals surface area (Å²) in [4.78, 5) is 11.9. The van der Waals surface area contributed by atoms with Gasteiger partial charge in [-0.25, -0.2) is 0 Å². The minimum Gasteiger partial charge on any atom is -0.756 e. The fraction of sp³-hybridized carbons (Fsp3) is 1.00. The lowest BCUT2D eigenvalue weighted by molar-refractivity contribution is -0.870. The number of nitrogens with zero attached hydrogens (tertiary/aromatic N) is 1. The van der Waals surface area contributed by atoms with Crippen molar-refractivity contribution in [2.45, 2.75) is 122 Å². The topological polar surface area (TPSA) is 77.1 Å². The van der Waals surface area contributed by atoms with Crippen molar-refractivity contribution >= 4 is 7.82 Å². The quantitative estimate of drug-likeness (QED) is 0.0615. The highest BCUT2D eigenvalue weighted by atomic mass is 31.2. The zero-order valence-corrected chi connectivity index (χ0v) is 25.4. The van der Waals surface area contributed by atoms with E-state index in [0.717, 1.165) is 13.0 Å². The summed E-state index contributed by atoms with van der Waals surface area (Å²) in [6, 6.07) is 0. The maximum atomic E-state index is 11.9. The van der Waals surface area contributed by atoms with Gasteiger partial charge in [-0.1, -0.05) is 103 Å². The molecule has 0 amide bonds. The Bertz CT molecular complexity index is 515. The lowest BCUT2D eigenvalue weighted by atomic mass is 10.0. The predicted molar refractivity (Wildman–Crippen MR) is 148 cm³/mol. The Balaban J connectivity index is 3.46. The van der Waals surface area contributed by atoms with E-state index in [2.05, 4.69) is 6.92 Å². The third kappa shape index (κ3) is 27.0. The lowest BCUT2D eigenvalue weighted by Gasteiger charge is -2.28. The summed E-state index contributed by atoms with van der Waals surface area (Å²) in [5.41, 5.74) is 0. The summed E-state index contributed by atoms with van der Waals surface area (Å²) >= 11 is 0. The van der Waals surface area contributed by atoms with Crippen molar-refractivity contribution in [3.05, 3.63) is 0 Å². The van der Waals surface area contributed by atoms with Gasteiger partial charge in [-0.05, 0) is 12.8 Å². The summed E-state index contributed by atoms with van der Waals surface area (Å²) in [7, 11) is 3.17. The van der Waals surface area contributed by atoms with Gasteiger partial charge in [0.1, 0.15) is 13.2 Å². The number of rotatable bonds is 28. The highest BCUT2D eigenvalue weighted by molar-refractivity contribution is 7.45. The first-order valence-corrected chi connectivity index (χ1v) is 16.2. The normalized spacial score (nSPS) is 14.7. The summed E-state index contributed by atoms with van der Waals surface area (Å²) in [6.45, 7) is 4.18. The SMILES string of the molecule is CCCCCCCCCCCCCCCCCCOCCC(COP(=O)([O-])OCC[N+](C)(C)C)OC. The van der Waals surface area contributed by atoms with E-state index in [1.165, 1.54) is 96.3 Å². The van der Waals surface area contributed by atoms with E-state index in [1.807, 2.05) is 21.1 Å². The summed E-state index contributed by atoms with van der Waals surface area (Å²) in [6.07, 6.45) is 22.0. The van der Waals surface area contributed by atoms with Crippen LogP contribution in [0.2, 0.25) is 0 Å². The van der Waals surface area contributed by atoms with Crippen LogP contribution in [0.5, 0.6) is 0 Å². The Hall–Kier alpha value is -0.0100. The third-order valence-corrected chi connectivity index (χ3v) is 7.45. The van der Waals surface area contributed by atoms with Gasteiger partial charge in [-0.2, -0.15) is 0 Å². The van der Waals surface area contributed by atoms with Crippen LogP contribution in [0.4, 0.5) is 0 Å². The molecule has 0 fully saturated rings. The molecule has 0 radical (unpaired) electrons. The fourth-order valence-corrected chi connectivity index (χ4v) is 4.71. The second-order valence-corrected chi connectivity index (χ2v) is 12.6. The molecule has 0 aliphatic heterocycles. The van der Waals surface area contributed by atoms with Crippen molar-refractivity contribution in [2.24, 2.45) is 0 Å². The van der Waals surface area contributed by atoms with E-state index >= 15 is 0 Å². The Kier molecular flexibility index (Phi) is 24.1. The summed E-state index contributed by atoms with van der Waals surface area (Å²) in [5, 5.41) is 0. The van der Waals surface area contributed by atoms with Crippen molar-refractivity contribution in [1.29, 1.82) is 0 Å². The molecule has 218 valence electrons. The van der Waals surface area contributed by atoms with Gasteiger partial charge in [0.2, 0.25) is 0 Å². The summed E-state index contributed by atoms with van der Waals surface area (Å²) < 4.78 is 33.4. The van der Waals surface area contributed by atoms with Crippen molar-refractivity contribution in [2.75, 3.05) is 61.2 Å². The van der Waals surface area contributed by atoms with Crippen molar-refractivity contribution < 1.29 is 32.5 Å². The molecule has 0 aliphatic rings. The van der Waals surface area contributed by atoms with Crippen LogP contribution >= 0.6 is 7.82 Å². The van der Waals surface area contributed by atoms with E-state index in [-0.39, 0.29) is 19.3 Å². The molecule has 0 aliphatic carbocycles. The number of quaternary nitrogens is 1. The smallest absolute Gasteiger partial charge is 0.268 e. The van der Waals surface area contributed by atoms with E-state index in [1.54, 1.807) is 7.11 Å². The largest absolute Gasteiger partial charge is 0.756 e. The Labute approximate surface area is 223 Å². The van der Waals surface area contributed by atoms with Gasteiger partial charge in [0.05, 0.1) is 33.9 Å². The molecule has 0 aromatic carbocycles. The Morgan fingerprint density at radius 2 is 1.17 bits per heavy atom. The molecular formula is C28H60NO6P. The maximum Gasteiger partial charge on any atom is 0.268 e. The lowest BCUT2D eigenvalue weighted by Crippen LogP contribution is -2.37. The molecule has 7 nitrogen and oxygen atoms in total. The highest BCUT2D eigenvalue weighted by Gasteiger charge is 2.16. The van der Waals surface area contributed by atoms with Crippen molar-refractivity contribution in [1.82, 2.24) is 0 Å². The molecule has 36 heavy (non-hydrogen) atoms. The molecular weight excluding hydrogens is 477 g/mol. The van der Waals surface area contributed by atoms with Crippen molar-refractivity contribution in [3.8, 4) is 0 Å². The number of hydrogen-bond acceptors (Lipinski definition) is 6. The zero-order chi connectivity index (χ0) is 27.0. The molecule has 0 saturated carbocycles. The van der Waals surface area contributed by atoms with Crippen molar-refractivity contribution in [3.63, 3.8) is 0 Å².